The Morgan fingerprint density at radius 2 is 1.69 bits per heavy atom. The van der Waals surface area contributed by atoms with Crippen LogP contribution in [0.5, 0.6) is 5.75 Å². The number of hydrogen-bond acceptors (Lipinski definition) is 7. The van der Waals surface area contributed by atoms with Crippen LogP contribution in [-0.4, -0.2) is 48.4 Å². The molecule has 2 aromatic heterocycles. The molecule has 9 nitrogen and oxygen atoms in total. The Morgan fingerprint density at radius 3 is 2.44 bits per heavy atom. The fraction of sp³-hybridized carbons (Fsp3) is 0.227. The van der Waals surface area contributed by atoms with Crippen molar-refractivity contribution in [3.63, 3.8) is 0 Å². The summed E-state index contributed by atoms with van der Waals surface area (Å²) in [4.78, 5) is 0.229. The Morgan fingerprint density at radius 1 is 0.906 bits per heavy atom. The largest absolute Gasteiger partial charge is 0.497 e. The summed E-state index contributed by atoms with van der Waals surface area (Å²) in [6, 6.07) is 19.9. The fourth-order valence-electron chi connectivity index (χ4n) is 3.19. The Labute approximate surface area is 186 Å². The Balaban J connectivity index is 1.35. The Kier molecular flexibility index (Phi) is 6.62. The van der Waals surface area contributed by atoms with Gasteiger partial charge in [0.25, 0.3) is 0 Å². The van der Waals surface area contributed by atoms with E-state index in [-0.39, 0.29) is 11.4 Å². The first-order valence-corrected chi connectivity index (χ1v) is 11.7. The number of anilines is 1. The van der Waals surface area contributed by atoms with E-state index >= 15 is 0 Å². The first kappa shape index (κ1) is 21.7. The molecule has 0 radical (unpaired) electrons. The van der Waals surface area contributed by atoms with Crippen molar-refractivity contribution < 1.29 is 13.2 Å². The average Bonchev–Trinajstić information content (AvgIpc) is 3.22. The van der Waals surface area contributed by atoms with Gasteiger partial charge < -0.3 is 10.1 Å². The lowest BCUT2D eigenvalue weighted by atomic mass is 10.1. The van der Waals surface area contributed by atoms with Crippen LogP contribution in [0.2, 0.25) is 0 Å². The van der Waals surface area contributed by atoms with E-state index in [9.17, 15) is 8.42 Å². The maximum Gasteiger partial charge on any atom is 0.240 e. The molecule has 0 spiro atoms. The minimum atomic E-state index is -3.57. The zero-order valence-electron chi connectivity index (χ0n) is 17.6. The number of hydrogen-bond donors (Lipinski definition) is 2. The van der Waals surface area contributed by atoms with Crippen molar-refractivity contribution in [2.24, 2.45) is 0 Å². The molecule has 0 fully saturated rings. The second kappa shape index (κ2) is 9.75. The van der Waals surface area contributed by atoms with E-state index in [1.165, 1.54) is 5.56 Å². The molecule has 0 aliphatic carbocycles. The molecule has 32 heavy (non-hydrogen) atoms. The van der Waals surface area contributed by atoms with Gasteiger partial charge in [-0.25, -0.2) is 13.1 Å². The van der Waals surface area contributed by atoms with Gasteiger partial charge in [0, 0.05) is 19.5 Å². The lowest BCUT2D eigenvalue weighted by Gasteiger charge is -2.08. The number of ether oxygens (including phenoxy) is 1. The highest BCUT2D eigenvalue weighted by atomic mass is 32.2. The van der Waals surface area contributed by atoms with Crippen molar-refractivity contribution in [3.05, 3.63) is 78.1 Å². The summed E-state index contributed by atoms with van der Waals surface area (Å²) in [5, 5.41) is 16.1. The topological polar surface area (TPSA) is 111 Å². The minimum absolute atomic E-state index is 0.189. The lowest BCUT2D eigenvalue weighted by molar-refractivity contribution is 0.414. The molecule has 2 aromatic carbocycles. The molecule has 0 aliphatic rings. The number of benzene rings is 2. The lowest BCUT2D eigenvalue weighted by Crippen LogP contribution is -2.26. The number of aromatic nitrogens is 4. The highest BCUT2D eigenvalue weighted by Crippen LogP contribution is 2.13. The Hall–Kier alpha value is -3.50. The number of methoxy groups -OCH3 is 1. The molecule has 0 aliphatic heterocycles. The normalized spacial score (nSPS) is 11.5. The zero-order valence-corrected chi connectivity index (χ0v) is 18.4. The van der Waals surface area contributed by atoms with E-state index in [2.05, 4.69) is 25.3 Å². The highest BCUT2D eigenvalue weighted by Gasteiger charge is 2.14. The van der Waals surface area contributed by atoms with Crippen molar-refractivity contribution in [1.29, 1.82) is 0 Å². The summed E-state index contributed by atoms with van der Waals surface area (Å²) in [7, 11) is -1.92. The van der Waals surface area contributed by atoms with Gasteiger partial charge in [-0.15, -0.1) is 15.3 Å². The number of rotatable bonds is 10. The van der Waals surface area contributed by atoms with Crippen LogP contribution < -0.4 is 14.8 Å². The fourth-order valence-corrected chi connectivity index (χ4v) is 4.24. The van der Waals surface area contributed by atoms with Crippen molar-refractivity contribution in [1.82, 2.24) is 24.5 Å². The van der Waals surface area contributed by atoms with Crippen LogP contribution >= 0.6 is 0 Å². The van der Waals surface area contributed by atoms with Crippen molar-refractivity contribution in [2.45, 2.75) is 17.7 Å². The molecule has 10 heteroatoms. The monoisotopic (exact) mass is 452 g/mol. The van der Waals surface area contributed by atoms with Gasteiger partial charge in [-0.1, -0.05) is 30.3 Å². The molecule has 0 bridgehead atoms. The van der Waals surface area contributed by atoms with Gasteiger partial charge in [-0.05, 0) is 48.4 Å². The molecule has 4 rings (SSSR count). The second-order valence-electron chi connectivity index (χ2n) is 7.09. The van der Waals surface area contributed by atoms with Crippen LogP contribution in [-0.2, 0) is 22.9 Å². The molecule has 4 aromatic rings. The maximum absolute atomic E-state index is 12.4. The van der Waals surface area contributed by atoms with E-state index in [1.807, 2.05) is 36.4 Å². The molecule has 166 valence electrons. The van der Waals surface area contributed by atoms with Crippen LogP contribution in [0.3, 0.4) is 0 Å². The first-order valence-electron chi connectivity index (χ1n) is 10.2. The van der Waals surface area contributed by atoms with Gasteiger partial charge in [0.15, 0.2) is 11.5 Å². The van der Waals surface area contributed by atoms with Gasteiger partial charge in [0.2, 0.25) is 10.0 Å². The van der Waals surface area contributed by atoms with E-state index in [0.29, 0.717) is 30.3 Å². The standard InChI is InChI=1S/C22H24N6O3S/c1-31-18-9-7-17(8-10-18)13-15-23-20-11-12-21-25-26-22(28(21)27-20)14-16-24-32(29,30)19-5-3-2-4-6-19/h2-12,24H,13-16H2,1H3,(H,23,27). The van der Waals surface area contributed by atoms with E-state index in [0.717, 1.165) is 12.2 Å². The van der Waals surface area contributed by atoms with Gasteiger partial charge in [0.05, 0.1) is 12.0 Å². The molecule has 0 saturated heterocycles. The van der Waals surface area contributed by atoms with E-state index < -0.39 is 10.0 Å². The summed E-state index contributed by atoms with van der Waals surface area (Å²) in [6.07, 6.45) is 1.19. The van der Waals surface area contributed by atoms with Crippen molar-refractivity contribution in [3.8, 4) is 5.75 Å². The third-order valence-corrected chi connectivity index (χ3v) is 6.38. The second-order valence-corrected chi connectivity index (χ2v) is 8.86. The molecular formula is C22H24N6O3S. The summed E-state index contributed by atoms with van der Waals surface area (Å²) in [5.41, 5.74) is 1.79. The number of nitrogens with zero attached hydrogens (tertiary/aromatic N) is 4. The Bertz CT molecular complexity index is 1270. The smallest absolute Gasteiger partial charge is 0.240 e. The average molecular weight is 453 g/mol. The summed E-state index contributed by atoms with van der Waals surface area (Å²) in [5.74, 6) is 2.10. The molecule has 0 saturated carbocycles. The third-order valence-electron chi connectivity index (χ3n) is 4.90. The molecular weight excluding hydrogens is 428 g/mol. The molecule has 0 amide bonds. The minimum Gasteiger partial charge on any atom is -0.497 e. The predicted molar refractivity (Wildman–Crippen MR) is 121 cm³/mol. The van der Waals surface area contributed by atoms with Crippen LogP contribution in [0.25, 0.3) is 5.65 Å². The predicted octanol–water partition coefficient (Wildman–Crippen LogP) is 2.31. The van der Waals surface area contributed by atoms with Gasteiger partial charge in [-0.3, -0.25) is 0 Å². The van der Waals surface area contributed by atoms with Crippen molar-refractivity contribution >= 4 is 21.5 Å². The van der Waals surface area contributed by atoms with E-state index in [1.54, 1.807) is 42.0 Å². The van der Waals surface area contributed by atoms with Crippen LogP contribution in [0.4, 0.5) is 5.82 Å². The van der Waals surface area contributed by atoms with Gasteiger partial charge in [0.1, 0.15) is 11.6 Å². The van der Waals surface area contributed by atoms with Crippen LogP contribution in [0.1, 0.15) is 11.4 Å². The van der Waals surface area contributed by atoms with Gasteiger partial charge >= 0.3 is 0 Å². The quantitative estimate of drug-likeness (QED) is 0.380. The third kappa shape index (κ3) is 5.21. The molecule has 2 heterocycles. The number of sulfonamides is 1. The number of nitrogens with one attached hydrogen (secondary N) is 2. The van der Waals surface area contributed by atoms with Crippen LogP contribution in [0, 0.1) is 0 Å². The van der Waals surface area contributed by atoms with Gasteiger partial charge in [-0.2, -0.15) is 4.52 Å². The van der Waals surface area contributed by atoms with Crippen LogP contribution in [0.15, 0.2) is 71.6 Å². The molecule has 0 atom stereocenters. The highest BCUT2D eigenvalue weighted by molar-refractivity contribution is 7.89. The first-order chi connectivity index (χ1) is 15.5. The maximum atomic E-state index is 12.4. The molecule has 2 N–H and O–H groups in total. The summed E-state index contributed by atoms with van der Waals surface area (Å²) in [6.45, 7) is 0.897. The van der Waals surface area contributed by atoms with Crippen molar-refractivity contribution in [2.75, 3.05) is 25.5 Å². The summed E-state index contributed by atoms with van der Waals surface area (Å²) >= 11 is 0. The SMILES string of the molecule is COc1ccc(CCNc2ccc3nnc(CCNS(=O)(=O)c4ccccc4)n3n2)cc1. The zero-order chi connectivity index (χ0) is 22.4. The summed E-state index contributed by atoms with van der Waals surface area (Å²) < 4.78 is 34.1. The number of fused-ring (bicyclic) bond motifs is 1. The van der Waals surface area contributed by atoms with E-state index in [4.69, 9.17) is 4.74 Å². The molecule has 0 unspecified atom stereocenters.